The molecule has 1 atom stereocenters. The summed E-state index contributed by atoms with van der Waals surface area (Å²) in [5, 5.41) is 2.79. The predicted molar refractivity (Wildman–Crippen MR) is 106 cm³/mol. The summed E-state index contributed by atoms with van der Waals surface area (Å²) >= 11 is 0. The first-order valence-corrected chi connectivity index (χ1v) is 9.38. The van der Waals surface area contributed by atoms with Crippen LogP contribution in [-0.2, 0) is 6.54 Å². The Kier molecular flexibility index (Phi) is 6.14. The number of aryl methyl sites for hydroxylation is 1. The number of pyridine rings is 1. The van der Waals surface area contributed by atoms with Crippen molar-refractivity contribution in [1.82, 2.24) is 19.9 Å². The number of hydrogen-bond donors (Lipinski definition) is 2. The third kappa shape index (κ3) is 5.11. The van der Waals surface area contributed by atoms with E-state index in [1.807, 2.05) is 6.92 Å². The van der Waals surface area contributed by atoms with E-state index in [9.17, 15) is 27.6 Å². The maximum absolute atomic E-state index is 12.6. The van der Waals surface area contributed by atoms with E-state index >= 15 is 0 Å². The lowest BCUT2D eigenvalue weighted by Crippen LogP contribution is -2.31. The van der Waals surface area contributed by atoms with Crippen LogP contribution < -0.4 is 21.3 Å². The standard InChI is InChI=1S/C20H19F3N4O4/c1-3-8-27-16-15(18(29)26-19(27)30)9-13(10-24-16)17(28)25-11(2)12-4-6-14(7-5-12)31-20(21,22)23/h4-7,9-11H,3,8H2,1-2H3,(H,25,28)(H,26,29,30). The molecule has 2 aromatic heterocycles. The number of hydrogen-bond acceptors (Lipinski definition) is 5. The number of amides is 1. The lowest BCUT2D eigenvalue weighted by atomic mass is 10.1. The van der Waals surface area contributed by atoms with E-state index in [0.29, 0.717) is 18.5 Å². The van der Waals surface area contributed by atoms with Crippen LogP contribution in [-0.4, -0.2) is 26.8 Å². The van der Waals surface area contributed by atoms with Gasteiger partial charge in [-0.3, -0.25) is 19.1 Å². The SMILES string of the molecule is CCCn1c(=O)[nH]c(=O)c2cc(C(=O)NC(C)c3ccc(OC(F)(F)F)cc3)cnc21. The normalized spacial score (nSPS) is 12.5. The molecule has 31 heavy (non-hydrogen) atoms. The Morgan fingerprint density at radius 2 is 1.94 bits per heavy atom. The molecule has 0 aliphatic carbocycles. The van der Waals surface area contributed by atoms with E-state index in [2.05, 4.69) is 20.0 Å². The van der Waals surface area contributed by atoms with Gasteiger partial charge in [-0.2, -0.15) is 0 Å². The molecule has 3 rings (SSSR count). The summed E-state index contributed by atoms with van der Waals surface area (Å²) in [6.45, 7) is 3.88. The van der Waals surface area contributed by atoms with Crippen LogP contribution in [0.5, 0.6) is 5.75 Å². The number of alkyl halides is 3. The maximum Gasteiger partial charge on any atom is 0.573 e. The van der Waals surface area contributed by atoms with Crippen LogP contribution in [0.3, 0.4) is 0 Å². The third-order valence-corrected chi connectivity index (χ3v) is 4.50. The van der Waals surface area contributed by atoms with E-state index in [4.69, 9.17) is 0 Å². The molecular formula is C20H19F3N4O4. The van der Waals surface area contributed by atoms with Gasteiger partial charge in [0.2, 0.25) is 0 Å². The van der Waals surface area contributed by atoms with Crippen molar-refractivity contribution in [2.45, 2.75) is 39.2 Å². The van der Waals surface area contributed by atoms with Crippen LogP contribution in [0.2, 0.25) is 0 Å². The highest BCUT2D eigenvalue weighted by molar-refractivity contribution is 5.96. The van der Waals surface area contributed by atoms with Crippen molar-refractivity contribution in [1.29, 1.82) is 0 Å². The van der Waals surface area contributed by atoms with Gasteiger partial charge in [-0.15, -0.1) is 13.2 Å². The molecule has 0 saturated carbocycles. The van der Waals surface area contributed by atoms with Crippen molar-refractivity contribution in [3.05, 3.63) is 68.5 Å². The molecule has 0 spiro atoms. The largest absolute Gasteiger partial charge is 0.573 e. The molecule has 1 amide bonds. The molecule has 0 saturated heterocycles. The number of H-pyrrole nitrogens is 1. The van der Waals surface area contributed by atoms with Crippen molar-refractivity contribution in [3.8, 4) is 5.75 Å². The molecule has 1 aromatic carbocycles. The van der Waals surface area contributed by atoms with Crippen molar-refractivity contribution < 1.29 is 22.7 Å². The first-order chi connectivity index (χ1) is 14.6. The molecule has 164 valence electrons. The van der Waals surface area contributed by atoms with E-state index in [1.165, 1.54) is 29.0 Å². The molecule has 0 aliphatic rings. The number of carbonyl (C=O) groups is 1. The van der Waals surface area contributed by atoms with Gasteiger partial charge in [0.1, 0.15) is 11.4 Å². The number of nitrogens with one attached hydrogen (secondary N) is 2. The molecule has 0 fully saturated rings. The Morgan fingerprint density at radius 1 is 1.26 bits per heavy atom. The topological polar surface area (TPSA) is 106 Å². The average molecular weight is 436 g/mol. The molecular weight excluding hydrogens is 417 g/mol. The van der Waals surface area contributed by atoms with Gasteiger partial charge in [0, 0.05) is 12.7 Å². The highest BCUT2D eigenvalue weighted by Crippen LogP contribution is 2.24. The van der Waals surface area contributed by atoms with E-state index < -0.39 is 29.6 Å². The number of carbonyl (C=O) groups excluding carboxylic acids is 1. The van der Waals surface area contributed by atoms with E-state index in [0.717, 1.165) is 12.1 Å². The second-order valence-corrected chi connectivity index (χ2v) is 6.82. The predicted octanol–water partition coefficient (Wildman–Crippen LogP) is 2.88. The fourth-order valence-corrected chi connectivity index (χ4v) is 3.04. The summed E-state index contributed by atoms with van der Waals surface area (Å²) in [7, 11) is 0. The van der Waals surface area contributed by atoms with E-state index in [1.54, 1.807) is 6.92 Å². The highest BCUT2D eigenvalue weighted by Gasteiger charge is 2.31. The number of fused-ring (bicyclic) bond motifs is 1. The fraction of sp³-hybridized carbons (Fsp3) is 0.300. The van der Waals surface area contributed by atoms with Crippen LogP contribution >= 0.6 is 0 Å². The molecule has 0 bridgehead atoms. The number of rotatable bonds is 6. The second-order valence-electron chi connectivity index (χ2n) is 6.82. The van der Waals surface area contributed by atoms with Gasteiger partial charge in [-0.25, -0.2) is 9.78 Å². The zero-order valence-corrected chi connectivity index (χ0v) is 16.6. The monoisotopic (exact) mass is 436 g/mol. The van der Waals surface area contributed by atoms with Gasteiger partial charge in [0.05, 0.1) is 17.0 Å². The van der Waals surface area contributed by atoms with Gasteiger partial charge in [0.15, 0.2) is 0 Å². The summed E-state index contributed by atoms with van der Waals surface area (Å²) < 4.78 is 41.9. The Labute approximate surface area is 173 Å². The number of nitrogens with zero attached hydrogens (tertiary/aromatic N) is 2. The van der Waals surface area contributed by atoms with Crippen molar-refractivity contribution in [2.75, 3.05) is 0 Å². The number of aromatic nitrogens is 3. The molecule has 1 unspecified atom stereocenters. The molecule has 0 radical (unpaired) electrons. The number of ether oxygens (including phenoxy) is 1. The van der Waals surface area contributed by atoms with Crippen LogP contribution in [0, 0.1) is 0 Å². The minimum atomic E-state index is -4.79. The first-order valence-electron chi connectivity index (χ1n) is 9.38. The van der Waals surface area contributed by atoms with Crippen molar-refractivity contribution in [2.24, 2.45) is 0 Å². The average Bonchev–Trinajstić information content (AvgIpc) is 2.70. The Morgan fingerprint density at radius 3 is 2.55 bits per heavy atom. The van der Waals surface area contributed by atoms with Crippen LogP contribution in [0.1, 0.15) is 42.2 Å². The lowest BCUT2D eigenvalue weighted by Gasteiger charge is -2.16. The van der Waals surface area contributed by atoms with Crippen molar-refractivity contribution >= 4 is 16.9 Å². The smallest absolute Gasteiger partial charge is 0.406 e. The molecule has 3 aromatic rings. The van der Waals surface area contributed by atoms with Gasteiger partial charge >= 0.3 is 12.1 Å². The summed E-state index contributed by atoms with van der Waals surface area (Å²) in [4.78, 5) is 43.1. The van der Waals surface area contributed by atoms with Gasteiger partial charge in [-0.05, 0) is 37.1 Å². The van der Waals surface area contributed by atoms with Crippen LogP contribution in [0.4, 0.5) is 13.2 Å². The summed E-state index contributed by atoms with van der Waals surface area (Å²) in [6, 6.07) is 5.90. The van der Waals surface area contributed by atoms with Gasteiger partial charge < -0.3 is 10.1 Å². The summed E-state index contributed by atoms with van der Waals surface area (Å²) in [5.41, 5.74) is -0.395. The molecule has 2 N–H and O–H groups in total. The summed E-state index contributed by atoms with van der Waals surface area (Å²) in [6.07, 6.45) is -2.88. The Hall–Kier alpha value is -3.63. The Balaban J connectivity index is 1.81. The van der Waals surface area contributed by atoms with E-state index in [-0.39, 0.29) is 22.3 Å². The molecule has 8 nitrogen and oxygen atoms in total. The van der Waals surface area contributed by atoms with Gasteiger partial charge in [-0.1, -0.05) is 19.1 Å². The number of benzene rings is 1. The molecule has 0 aliphatic heterocycles. The minimum absolute atomic E-state index is 0.0991. The molecule has 11 heteroatoms. The minimum Gasteiger partial charge on any atom is -0.406 e. The number of halogens is 3. The molecule has 2 heterocycles. The van der Waals surface area contributed by atoms with Gasteiger partial charge in [0.25, 0.3) is 11.5 Å². The second kappa shape index (κ2) is 8.62. The van der Waals surface area contributed by atoms with Crippen molar-refractivity contribution in [3.63, 3.8) is 0 Å². The third-order valence-electron chi connectivity index (χ3n) is 4.50. The lowest BCUT2D eigenvalue weighted by molar-refractivity contribution is -0.274. The first kappa shape index (κ1) is 22.1. The van der Waals surface area contributed by atoms with Crippen LogP contribution in [0.25, 0.3) is 11.0 Å². The zero-order chi connectivity index (χ0) is 22.8. The highest BCUT2D eigenvalue weighted by atomic mass is 19.4. The number of aromatic amines is 1. The zero-order valence-electron chi connectivity index (χ0n) is 16.6. The maximum atomic E-state index is 12.6. The Bertz CT molecular complexity index is 1220. The summed E-state index contributed by atoms with van der Waals surface area (Å²) in [5.74, 6) is -0.906. The quantitative estimate of drug-likeness (QED) is 0.618. The van der Waals surface area contributed by atoms with Crippen LogP contribution in [0.15, 0.2) is 46.1 Å². The fourth-order valence-electron chi connectivity index (χ4n) is 3.04.